The van der Waals surface area contributed by atoms with Gasteiger partial charge in [0.1, 0.15) is 12.4 Å². The Balaban J connectivity index is 2.53. The van der Waals surface area contributed by atoms with Crippen molar-refractivity contribution in [2.24, 2.45) is 5.73 Å². The maximum atomic E-state index is 11.5. The number of benzene rings is 2. The van der Waals surface area contributed by atoms with Gasteiger partial charge in [-0.3, -0.25) is 4.79 Å². The molecule has 0 spiro atoms. The number of aliphatic hydroxyl groups excluding tert-OH is 1. The van der Waals surface area contributed by atoms with Gasteiger partial charge in [0.05, 0.1) is 6.61 Å². The lowest BCUT2D eigenvalue weighted by molar-refractivity contribution is 0.100. The zero-order valence-electron chi connectivity index (χ0n) is 10.7. The molecular formula is C15H14ClNO3. The lowest BCUT2D eigenvalue weighted by atomic mass is 9.99. The Labute approximate surface area is 121 Å². The number of ether oxygens (including phenoxy) is 1. The SMILES string of the molecule is NC(=O)c1ccc(OCCO)cc1-c1ccccc1Cl. The summed E-state index contributed by atoms with van der Waals surface area (Å²) in [5, 5.41) is 9.30. The van der Waals surface area contributed by atoms with Crippen LogP contribution in [0.4, 0.5) is 0 Å². The maximum Gasteiger partial charge on any atom is 0.249 e. The average Bonchev–Trinajstić information content (AvgIpc) is 2.45. The summed E-state index contributed by atoms with van der Waals surface area (Å²) in [5.74, 6) is 0.00703. The third-order valence-electron chi connectivity index (χ3n) is 2.78. The van der Waals surface area contributed by atoms with E-state index in [1.165, 1.54) is 0 Å². The van der Waals surface area contributed by atoms with Gasteiger partial charge in [-0.1, -0.05) is 29.8 Å². The minimum absolute atomic E-state index is 0.0843. The van der Waals surface area contributed by atoms with Gasteiger partial charge in [-0.05, 0) is 29.8 Å². The maximum absolute atomic E-state index is 11.5. The van der Waals surface area contributed by atoms with Gasteiger partial charge in [0, 0.05) is 16.1 Å². The molecule has 2 rings (SSSR count). The monoisotopic (exact) mass is 291 g/mol. The van der Waals surface area contributed by atoms with Crippen molar-refractivity contribution in [2.75, 3.05) is 13.2 Å². The second kappa shape index (κ2) is 6.41. The van der Waals surface area contributed by atoms with E-state index in [1.54, 1.807) is 30.3 Å². The molecule has 2 aromatic rings. The number of hydrogen-bond acceptors (Lipinski definition) is 3. The fourth-order valence-electron chi connectivity index (χ4n) is 1.89. The lowest BCUT2D eigenvalue weighted by Gasteiger charge is -2.12. The van der Waals surface area contributed by atoms with Gasteiger partial charge in [0.25, 0.3) is 0 Å². The fourth-order valence-corrected chi connectivity index (χ4v) is 2.13. The molecule has 0 radical (unpaired) electrons. The van der Waals surface area contributed by atoms with Gasteiger partial charge in [0.15, 0.2) is 0 Å². The lowest BCUT2D eigenvalue weighted by Crippen LogP contribution is -2.12. The number of carbonyl (C=O) groups excluding carboxylic acids is 1. The summed E-state index contributed by atoms with van der Waals surface area (Å²) in [4.78, 5) is 11.5. The summed E-state index contributed by atoms with van der Waals surface area (Å²) in [5.41, 5.74) is 7.07. The number of rotatable bonds is 5. The molecule has 0 atom stereocenters. The number of carbonyl (C=O) groups is 1. The predicted octanol–water partition coefficient (Wildman–Crippen LogP) is 2.48. The molecule has 20 heavy (non-hydrogen) atoms. The fraction of sp³-hybridized carbons (Fsp3) is 0.133. The normalized spacial score (nSPS) is 10.3. The van der Waals surface area contributed by atoms with Crippen LogP contribution in [0.1, 0.15) is 10.4 Å². The van der Waals surface area contributed by atoms with Crippen molar-refractivity contribution in [1.29, 1.82) is 0 Å². The highest BCUT2D eigenvalue weighted by Gasteiger charge is 2.13. The minimum atomic E-state index is -0.534. The second-order valence-corrected chi connectivity index (χ2v) is 4.53. The van der Waals surface area contributed by atoms with Gasteiger partial charge >= 0.3 is 0 Å². The minimum Gasteiger partial charge on any atom is -0.491 e. The van der Waals surface area contributed by atoms with Gasteiger partial charge in [-0.25, -0.2) is 0 Å². The Kier molecular flexibility index (Phi) is 4.61. The molecule has 5 heteroatoms. The zero-order valence-corrected chi connectivity index (χ0v) is 11.4. The number of amides is 1. The number of primary amides is 1. The first-order valence-electron chi connectivity index (χ1n) is 6.06. The van der Waals surface area contributed by atoms with Crippen molar-refractivity contribution in [3.05, 3.63) is 53.1 Å². The quantitative estimate of drug-likeness (QED) is 0.889. The van der Waals surface area contributed by atoms with Crippen molar-refractivity contribution < 1.29 is 14.6 Å². The van der Waals surface area contributed by atoms with E-state index in [1.807, 2.05) is 12.1 Å². The van der Waals surface area contributed by atoms with Crippen molar-refractivity contribution in [3.8, 4) is 16.9 Å². The highest BCUT2D eigenvalue weighted by atomic mass is 35.5. The van der Waals surface area contributed by atoms with E-state index in [-0.39, 0.29) is 13.2 Å². The summed E-state index contributed by atoms with van der Waals surface area (Å²) >= 11 is 6.16. The number of aliphatic hydroxyl groups is 1. The molecular weight excluding hydrogens is 278 g/mol. The van der Waals surface area contributed by atoms with E-state index in [2.05, 4.69) is 0 Å². The molecule has 0 heterocycles. The summed E-state index contributed by atoms with van der Waals surface area (Å²) in [6.45, 7) is 0.0941. The van der Waals surface area contributed by atoms with Crippen LogP contribution in [0, 0.1) is 0 Å². The standard InChI is InChI=1S/C15H14ClNO3/c16-14-4-2-1-3-11(14)13-9-10(20-8-7-18)5-6-12(13)15(17)19/h1-6,9,18H,7-8H2,(H2,17,19). The average molecular weight is 292 g/mol. The van der Waals surface area contributed by atoms with Crippen molar-refractivity contribution in [1.82, 2.24) is 0 Å². The summed E-state index contributed by atoms with van der Waals surface area (Å²) < 4.78 is 5.35. The molecule has 0 aliphatic heterocycles. The number of nitrogens with two attached hydrogens (primary N) is 1. The van der Waals surface area contributed by atoms with Gasteiger partial charge in [-0.15, -0.1) is 0 Å². The van der Waals surface area contributed by atoms with Crippen LogP contribution in [-0.4, -0.2) is 24.2 Å². The van der Waals surface area contributed by atoms with E-state index in [0.717, 1.165) is 0 Å². The molecule has 0 saturated carbocycles. The Morgan fingerprint density at radius 3 is 2.60 bits per heavy atom. The molecule has 0 aliphatic carbocycles. The van der Waals surface area contributed by atoms with Crippen molar-refractivity contribution >= 4 is 17.5 Å². The van der Waals surface area contributed by atoms with Gasteiger partial charge in [-0.2, -0.15) is 0 Å². The Morgan fingerprint density at radius 1 is 1.20 bits per heavy atom. The zero-order chi connectivity index (χ0) is 14.5. The molecule has 4 nitrogen and oxygen atoms in total. The molecule has 0 bridgehead atoms. The van der Waals surface area contributed by atoms with Crippen LogP contribution in [-0.2, 0) is 0 Å². The van der Waals surface area contributed by atoms with Crippen LogP contribution in [0.15, 0.2) is 42.5 Å². The summed E-state index contributed by atoms with van der Waals surface area (Å²) in [6, 6.07) is 12.1. The molecule has 0 fully saturated rings. The van der Waals surface area contributed by atoms with Crippen LogP contribution in [0.5, 0.6) is 5.75 Å². The Hall–Kier alpha value is -2.04. The number of hydrogen-bond donors (Lipinski definition) is 2. The topological polar surface area (TPSA) is 72.6 Å². The first-order valence-corrected chi connectivity index (χ1v) is 6.43. The molecule has 0 unspecified atom stereocenters. The first kappa shape index (κ1) is 14.4. The molecule has 0 saturated heterocycles. The largest absolute Gasteiger partial charge is 0.491 e. The molecule has 0 aromatic heterocycles. The molecule has 104 valence electrons. The Morgan fingerprint density at radius 2 is 1.95 bits per heavy atom. The smallest absolute Gasteiger partial charge is 0.249 e. The van der Waals surface area contributed by atoms with Crippen LogP contribution in [0.2, 0.25) is 5.02 Å². The van der Waals surface area contributed by atoms with Gasteiger partial charge < -0.3 is 15.6 Å². The molecule has 1 amide bonds. The van der Waals surface area contributed by atoms with Gasteiger partial charge in [0.2, 0.25) is 5.91 Å². The van der Waals surface area contributed by atoms with Crippen LogP contribution >= 0.6 is 11.6 Å². The number of halogens is 1. The summed E-state index contributed by atoms with van der Waals surface area (Å²) in [7, 11) is 0. The third kappa shape index (κ3) is 3.10. The van der Waals surface area contributed by atoms with E-state index in [4.69, 9.17) is 27.2 Å². The first-order chi connectivity index (χ1) is 9.63. The Bertz CT molecular complexity index is 628. The predicted molar refractivity (Wildman–Crippen MR) is 78.0 cm³/mol. The third-order valence-corrected chi connectivity index (χ3v) is 3.11. The highest BCUT2D eigenvalue weighted by Crippen LogP contribution is 2.32. The van der Waals surface area contributed by atoms with E-state index in [0.29, 0.717) is 27.5 Å². The van der Waals surface area contributed by atoms with Crippen LogP contribution < -0.4 is 10.5 Å². The van der Waals surface area contributed by atoms with Crippen LogP contribution in [0.25, 0.3) is 11.1 Å². The highest BCUT2D eigenvalue weighted by molar-refractivity contribution is 6.33. The second-order valence-electron chi connectivity index (χ2n) is 4.12. The van der Waals surface area contributed by atoms with E-state index < -0.39 is 5.91 Å². The van der Waals surface area contributed by atoms with E-state index >= 15 is 0 Å². The molecule has 3 N–H and O–H groups in total. The van der Waals surface area contributed by atoms with Crippen LogP contribution in [0.3, 0.4) is 0 Å². The van der Waals surface area contributed by atoms with E-state index in [9.17, 15) is 4.79 Å². The molecule has 0 aliphatic rings. The summed E-state index contributed by atoms with van der Waals surface area (Å²) in [6.07, 6.45) is 0. The van der Waals surface area contributed by atoms with Crippen molar-refractivity contribution in [2.45, 2.75) is 0 Å². The van der Waals surface area contributed by atoms with Crippen molar-refractivity contribution in [3.63, 3.8) is 0 Å². The molecule has 2 aromatic carbocycles.